The van der Waals surface area contributed by atoms with E-state index in [4.69, 9.17) is 0 Å². The van der Waals surface area contributed by atoms with Crippen LogP contribution in [0.1, 0.15) is 20.7 Å². The predicted octanol–water partition coefficient (Wildman–Crippen LogP) is 5.16. The van der Waals surface area contributed by atoms with Crippen molar-refractivity contribution in [2.24, 2.45) is 0 Å². The maximum atomic E-state index is 12.1. The summed E-state index contributed by atoms with van der Waals surface area (Å²) in [7, 11) is 0. The molecule has 0 spiro atoms. The van der Waals surface area contributed by atoms with Crippen LogP contribution in [0.15, 0.2) is 72.8 Å². The average molecular weight is 350 g/mol. The van der Waals surface area contributed by atoms with Crippen LogP contribution in [0.5, 0.6) is 0 Å². The van der Waals surface area contributed by atoms with Crippen LogP contribution in [0, 0.1) is 0 Å². The van der Waals surface area contributed by atoms with E-state index in [2.05, 4.69) is 25.3 Å². The number of carbonyl (C=O) groups is 2. The number of hydrogen-bond donors (Lipinski definition) is 2. The van der Waals surface area contributed by atoms with Gasteiger partial charge in [-0.05, 0) is 23.3 Å². The molecule has 0 saturated carbocycles. The normalized spacial score (nSPS) is 10.4. The molecule has 0 radical (unpaired) electrons. The molecule has 0 fully saturated rings. The molecule has 0 aromatic heterocycles. The van der Waals surface area contributed by atoms with Crippen molar-refractivity contribution in [3.05, 3.63) is 83.9 Å². The minimum Gasteiger partial charge on any atom is -0.282 e. The molecule has 0 amide bonds. The van der Waals surface area contributed by atoms with Gasteiger partial charge in [0.05, 0.1) is 0 Å². The second-order valence-corrected chi connectivity index (χ2v) is 6.07. The minimum absolute atomic E-state index is 0.343. The van der Waals surface area contributed by atoms with Gasteiger partial charge in [-0.1, -0.05) is 60.7 Å². The first kappa shape index (κ1) is 16.6. The van der Waals surface area contributed by atoms with Gasteiger partial charge in [-0.3, -0.25) is 9.59 Å². The summed E-state index contributed by atoms with van der Waals surface area (Å²) in [5, 5.41) is -0.687. The fourth-order valence-corrected chi connectivity index (χ4v) is 3.14. The fraction of sp³-hybridized carbons (Fsp3) is 0. The summed E-state index contributed by atoms with van der Waals surface area (Å²) in [6.07, 6.45) is 0. The van der Waals surface area contributed by atoms with E-state index in [1.807, 2.05) is 60.7 Å². The Labute approximate surface area is 151 Å². The molecule has 0 aliphatic rings. The van der Waals surface area contributed by atoms with E-state index in [-0.39, 0.29) is 10.2 Å². The van der Waals surface area contributed by atoms with E-state index in [0.717, 1.165) is 11.1 Å². The third-order valence-corrected chi connectivity index (χ3v) is 4.27. The first-order chi connectivity index (χ1) is 11.6. The lowest BCUT2D eigenvalue weighted by atomic mass is 9.87. The van der Waals surface area contributed by atoms with E-state index in [0.29, 0.717) is 22.3 Å². The summed E-state index contributed by atoms with van der Waals surface area (Å²) in [5.41, 5.74) is 4.02. The Morgan fingerprint density at radius 1 is 0.542 bits per heavy atom. The van der Waals surface area contributed by atoms with Crippen molar-refractivity contribution in [3.8, 4) is 22.3 Å². The summed E-state index contributed by atoms with van der Waals surface area (Å²) >= 11 is 8.02. The molecular weight excluding hydrogens is 336 g/mol. The third-order valence-electron chi connectivity index (χ3n) is 3.79. The van der Waals surface area contributed by atoms with Crippen molar-refractivity contribution in [2.45, 2.75) is 0 Å². The van der Waals surface area contributed by atoms with Crippen molar-refractivity contribution in [1.82, 2.24) is 0 Å². The van der Waals surface area contributed by atoms with Gasteiger partial charge in [-0.25, -0.2) is 0 Å². The van der Waals surface area contributed by atoms with E-state index >= 15 is 0 Å². The van der Waals surface area contributed by atoms with E-state index < -0.39 is 0 Å². The molecule has 118 valence electrons. The van der Waals surface area contributed by atoms with Gasteiger partial charge in [0.1, 0.15) is 0 Å². The Bertz CT molecular complexity index is 827. The molecule has 3 aromatic carbocycles. The highest BCUT2D eigenvalue weighted by atomic mass is 32.1. The zero-order valence-corrected chi connectivity index (χ0v) is 14.4. The van der Waals surface area contributed by atoms with Crippen LogP contribution in [-0.2, 0) is 0 Å². The summed E-state index contributed by atoms with van der Waals surface area (Å²) < 4.78 is 0. The van der Waals surface area contributed by atoms with Crippen molar-refractivity contribution in [3.63, 3.8) is 0 Å². The topological polar surface area (TPSA) is 34.1 Å². The van der Waals surface area contributed by atoms with Gasteiger partial charge in [0.15, 0.2) is 0 Å². The zero-order valence-electron chi connectivity index (χ0n) is 12.6. The van der Waals surface area contributed by atoms with Gasteiger partial charge in [0.25, 0.3) is 0 Å². The lowest BCUT2D eigenvalue weighted by molar-refractivity contribution is 0.108. The lowest BCUT2D eigenvalue weighted by Crippen LogP contribution is -2.03. The molecule has 2 nitrogen and oxygen atoms in total. The molecule has 24 heavy (non-hydrogen) atoms. The third kappa shape index (κ3) is 3.16. The van der Waals surface area contributed by atoms with Crippen molar-refractivity contribution < 1.29 is 9.59 Å². The molecule has 0 aliphatic heterocycles. The largest absolute Gasteiger partial charge is 0.282 e. The Kier molecular flexibility index (Phi) is 4.88. The van der Waals surface area contributed by atoms with Crippen molar-refractivity contribution in [1.29, 1.82) is 0 Å². The first-order valence-corrected chi connectivity index (χ1v) is 8.23. The second-order valence-electron chi connectivity index (χ2n) is 5.25. The highest BCUT2D eigenvalue weighted by Gasteiger charge is 2.21. The number of hydrogen-bond acceptors (Lipinski definition) is 2. The van der Waals surface area contributed by atoms with Crippen LogP contribution in [0.25, 0.3) is 22.3 Å². The molecule has 0 atom stereocenters. The SMILES string of the molecule is O=C(S)c1ccc(C(=O)S)c(-c2ccccc2)c1-c1ccccc1. The van der Waals surface area contributed by atoms with Gasteiger partial charge in [-0.2, -0.15) is 0 Å². The number of benzene rings is 3. The number of carbonyl (C=O) groups excluding carboxylic acids is 2. The molecule has 0 bridgehead atoms. The number of thiol groups is 2. The zero-order chi connectivity index (χ0) is 17.1. The minimum atomic E-state index is -0.343. The highest BCUT2D eigenvalue weighted by Crippen LogP contribution is 2.38. The van der Waals surface area contributed by atoms with Crippen LogP contribution in [-0.4, -0.2) is 10.2 Å². The first-order valence-electron chi connectivity index (χ1n) is 7.34. The van der Waals surface area contributed by atoms with Crippen LogP contribution < -0.4 is 0 Å². The van der Waals surface area contributed by atoms with Gasteiger partial charge in [-0.15, -0.1) is 25.3 Å². The maximum absolute atomic E-state index is 12.1. The summed E-state index contributed by atoms with van der Waals surface area (Å²) in [6, 6.07) is 22.3. The molecule has 0 unspecified atom stereocenters. The fourth-order valence-electron chi connectivity index (χ4n) is 2.77. The van der Waals surface area contributed by atoms with Crippen molar-refractivity contribution in [2.75, 3.05) is 0 Å². The van der Waals surface area contributed by atoms with E-state index in [1.165, 1.54) is 0 Å². The Morgan fingerprint density at radius 2 is 0.875 bits per heavy atom. The summed E-state index contributed by atoms with van der Waals surface area (Å²) in [6.45, 7) is 0. The summed E-state index contributed by atoms with van der Waals surface area (Å²) in [5.74, 6) is 0. The van der Waals surface area contributed by atoms with Crippen molar-refractivity contribution >= 4 is 35.5 Å². The molecule has 0 heterocycles. The Balaban J connectivity index is 2.45. The quantitative estimate of drug-likeness (QED) is 0.637. The molecule has 0 saturated heterocycles. The van der Waals surface area contributed by atoms with Crippen LogP contribution >= 0.6 is 25.3 Å². The molecule has 4 heteroatoms. The van der Waals surface area contributed by atoms with Gasteiger partial charge in [0, 0.05) is 22.3 Å². The van der Waals surface area contributed by atoms with Crippen LogP contribution in [0.4, 0.5) is 0 Å². The molecule has 0 N–H and O–H groups in total. The molecule has 3 rings (SSSR count). The monoisotopic (exact) mass is 350 g/mol. The average Bonchev–Trinajstić information content (AvgIpc) is 2.61. The highest BCUT2D eigenvalue weighted by molar-refractivity contribution is 7.97. The van der Waals surface area contributed by atoms with E-state index in [1.54, 1.807) is 12.1 Å². The van der Waals surface area contributed by atoms with Crippen LogP contribution in [0.3, 0.4) is 0 Å². The van der Waals surface area contributed by atoms with Gasteiger partial charge < -0.3 is 0 Å². The maximum Gasteiger partial charge on any atom is 0.216 e. The van der Waals surface area contributed by atoms with Gasteiger partial charge >= 0.3 is 0 Å². The Hall–Kier alpha value is -2.30. The molecule has 3 aromatic rings. The Morgan fingerprint density at radius 3 is 1.17 bits per heavy atom. The smallest absolute Gasteiger partial charge is 0.216 e. The van der Waals surface area contributed by atoms with E-state index in [9.17, 15) is 9.59 Å². The van der Waals surface area contributed by atoms with Crippen LogP contribution in [0.2, 0.25) is 0 Å². The second kappa shape index (κ2) is 7.07. The predicted molar refractivity (Wildman–Crippen MR) is 104 cm³/mol. The summed E-state index contributed by atoms with van der Waals surface area (Å²) in [4.78, 5) is 24.1. The van der Waals surface area contributed by atoms with Gasteiger partial charge in [0.2, 0.25) is 10.2 Å². The number of rotatable bonds is 4. The molecular formula is C20H14O2S2. The standard InChI is InChI=1S/C20H14O2S2/c21-19(23)15-11-12-16(20(22)24)18(14-9-5-2-6-10-14)17(15)13-7-3-1-4-8-13/h1-12H,(H,21,23)(H,22,24). The molecule has 0 aliphatic carbocycles. The lowest BCUT2D eigenvalue weighted by Gasteiger charge is -2.17.